The molecule has 1 N–H and O–H groups in total. The summed E-state index contributed by atoms with van der Waals surface area (Å²) < 4.78 is 0. The van der Waals surface area contributed by atoms with Crippen molar-refractivity contribution < 1.29 is 0 Å². The Morgan fingerprint density at radius 2 is 2.25 bits per heavy atom. The van der Waals surface area contributed by atoms with Crippen LogP contribution in [0.2, 0.25) is 0 Å². The summed E-state index contributed by atoms with van der Waals surface area (Å²) in [6, 6.07) is 0.710. The van der Waals surface area contributed by atoms with Crippen LogP contribution >= 0.6 is 12.2 Å². The Morgan fingerprint density at radius 3 is 2.67 bits per heavy atom. The quantitative estimate of drug-likeness (QED) is 0.676. The Labute approximate surface area is 80.3 Å². The number of nitrogens with zero attached hydrogens (tertiary/aromatic N) is 1. The molecule has 2 nitrogen and oxygen atoms in total. The lowest BCUT2D eigenvalue weighted by Crippen LogP contribution is -2.46. The van der Waals surface area contributed by atoms with Crippen LogP contribution in [-0.4, -0.2) is 29.6 Å². The molecule has 0 saturated heterocycles. The minimum atomic E-state index is 0.710. The van der Waals surface area contributed by atoms with E-state index in [1.165, 1.54) is 19.3 Å². The molecule has 0 aromatic rings. The maximum Gasteiger partial charge on any atom is 0.168 e. The summed E-state index contributed by atoms with van der Waals surface area (Å²) in [6.45, 7) is 3.15. The maximum absolute atomic E-state index is 5.23. The summed E-state index contributed by atoms with van der Waals surface area (Å²) >= 11 is 5.23. The average molecular weight is 186 g/mol. The molecule has 1 rings (SSSR count). The maximum atomic E-state index is 5.23. The summed E-state index contributed by atoms with van der Waals surface area (Å²) in [7, 11) is 2.09. The van der Waals surface area contributed by atoms with Crippen LogP contribution in [0.25, 0.3) is 0 Å². The van der Waals surface area contributed by atoms with E-state index in [9.17, 15) is 0 Å². The molecule has 0 bridgehead atoms. The van der Waals surface area contributed by atoms with E-state index in [0.29, 0.717) is 6.04 Å². The zero-order valence-electron chi connectivity index (χ0n) is 7.97. The standard InChI is InChI=1S/C9H18N2S/c1-3-7-10-9(12)11(2)8-5-4-6-8/h8H,3-7H2,1-2H3,(H,10,12). The van der Waals surface area contributed by atoms with Crippen LogP contribution in [0.4, 0.5) is 0 Å². The highest BCUT2D eigenvalue weighted by atomic mass is 32.1. The monoisotopic (exact) mass is 186 g/mol. The van der Waals surface area contributed by atoms with E-state index in [0.717, 1.165) is 18.1 Å². The van der Waals surface area contributed by atoms with Gasteiger partial charge in [0.05, 0.1) is 0 Å². The molecule has 0 amide bonds. The van der Waals surface area contributed by atoms with Gasteiger partial charge in [-0.1, -0.05) is 6.92 Å². The van der Waals surface area contributed by atoms with Crippen molar-refractivity contribution in [3.8, 4) is 0 Å². The molecular weight excluding hydrogens is 168 g/mol. The second-order valence-corrected chi connectivity index (χ2v) is 3.81. The second-order valence-electron chi connectivity index (χ2n) is 3.43. The van der Waals surface area contributed by atoms with Gasteiger partial charge in [0.25, 0.3) is 0 Å². The molecule has 0 spiro atoms. The van der Waals surface area contributed by atoms with Crippen molar-refractivity contribution in [3.63, 3.8) is 0 Å². The average Bonchev–Trinajstić information content (AvgIpc) is 1.96. The highest BCUT2D eigenvalue weighted by Gasteiger charge is 2.23. The molecule has 0 atom stereocenters. The van der Waals surface area contributed by atoms with E-state index < -0.39 is 0 Å². The van der Waals surface area contributed by atoms with E-state index in [1.54, 1.807) is 0 Å². The van der Waals surface area contributed by atoms with Crippen LogP contribution in [0.15, 0.2) is 0 Å². The summed E-state index contributed by atoms with van der Waals surface area (Å²) in [5.74, 6) is 0. The second kappa shape index (κ2) is 4.65. The highest BCUT2D eigenvalue weighted by Crippen LogP contribution is 2.23. The predicted molar refractivity (Wildman–Crippen MR) is 56.3 cm³/mol. The van der Waals surface area contributed by atoms with E-state index in [1.807, 2.05) is 0 Å². The van der Waals surface area contributed by atoms with Crippen molar-refractivity contribution >= 4 is 17.3 Å². The number of nitrogens with one attached hydrogen (secondary N) is 1. The molecule has 1 aliphatic rings. The minimum absolute atomic E-state index is 0.710. The smallest absolute Gasteiger partial charge is 0.168 e. The number of thiocarbonyl (C=S) groups is 1. The highest BCUT2D eigenvalue weighted by molar-refractivity contribution is 7.80. The molecule has 0 aliphatic heterocycles. The first-order valence-corrected chi connectivity index (χ1v) is 5.17. The lowest BCUT2D eigenvalue weighted by atomic mass is 9.92. The van der Waals surface area contributed by atoms with Crippen molar-refractivity contribution in [2.45, 2.75) is 38.6 Å². The van der Waals surface area contributed by atoms with Gasteiger partial charge in [-0.05, 0) is 37.9 Å². The topological polar surface area (TPSA) is 15.3 Å². The Hall–Kier alpha value is -0.310. The molecule has 0 unspecified atom stereocenters. The summed E-state index contributed by atoms with van der Waals surface area (Å²) in [4.78, 5) is 2.20. The third kappa shape index (κ3) is 2.34. The summed E-state index contributed by atoms with van der Waals surface area (Å²) in [6.07, 6.45) is 5.12. The molecule has 0 aromatic heterocycles. The normalized spacial score (nSPS) is 16.8. The van der Waals surface area contributed by atoms with Gasteiger partial charge in [-0.2, -0.15) is 0 Å². The lowest BCUT2D eigenvalue weighted by Gasteiger charge is -2.36. The Bertz CT molecular complexity index is 155. The van der Waals surface area contributed by atoms with Crippen molar-refractivity contribution in [1.29, 1.82) is 0 Å². The van der Waals surface area contributed by atoms with Crippen LogP contribution in [0.1, 0.15) is 32.6 Å². The third-order valence-corrected chi connectivity index (χ3v) is 2.90. The zero-order valence-corrected chi connectivity index (χ0v) is 8.78. The minimum Gasteiger partial charge on any atom is -0.363 e. The molecule has 1 fully saturated rings. The summed E-state index contributed by atoms with van der Waals surface area (Å²) in [5, 5.41) is 4.16. The van der Waals surface area contributed by atoms with Gasteiger partial charge in [0.1, 0.15) is 0 Å². The van der Waals surface area contributed by atoms with Crippen molar-refractivity contribution in [2.75, 3.05) is 13.6 Å². The predicted octanol–water partition coefficient (Wildman–Crippen LogP) is 1.76. The van der Waals surface area contributed by atoms with E-state index >= 15 is 0 Å². The van der Waals surface area contributed by atoms with Crippen molar-refractivity contribution in [2.24, 2.45) is 0 Å². The first-order valence-electron chi connectivity index (χ1n) is 4.76. The van der Waals surface area contributed by atoms with Gasteiger partial charge in [0.2, 0.25) is 0 Å². The first kappa shape index (κ1) is 9.78. The molecule has 3 heteroatoms. The van der Waals surface area contributed by atoms with E-state index in [2.05, 4.69) is 24.2 Å². The van der Waals surface area contributed by atoms with E-state index in [4.69, 9.17) is 12.2 Å². The lowest BCUT2D eigenvalue weighted by molar-refractivity contribution is 0.238. The Kier molecular flexibility index (Phi) is 3.79. The van der Waals surface area contributed by atoms with Crippen molar-refractivity contribution in [1.82, 2.24) is 10.2 Å². The van der Waals surface area contributed by atoms with E-state index in [-0.39, 0.29) is 0 Å². The Balaban J connectivity index is 2.20. The van der Waals surface area contributed by atoms with Gasteiger partial charge < -0.3 is 10.2 Å². The van der Waals surface area contributed by atoms with Gasteiger partial charge in [-0.25, -0.2) is 0 Å². The van der Waals surface area contributed by atoms with Crippen molar-refractivity contribution in [3.05, 3.63) is 0 Å². The van der Waals surface area contributed by atoms with Crippen LogP contribution in [0.3, 0.4) is 0 Å². The van der Waals surface area contributed by atoms with Crippen LogP contribution < -0.4 is 5.32 Å². The third-order valence-electron chi connectivity index (χ3n) is 2.47. The van der Waals surface area contributed by atoms with Crippen LogP contribution in [0, 0.1) is 0 Å². The molecule has 0 heterocycles. The summed E-state index contributed by atoms with van der Waals surface area (Å²) in [5.41, 5.74) is 0. The number of rotatable bonds is 3. The molecule has 70 valence electrons. The molecule has 1 aliphatic carbocycles. The fraction of sp³-hybridized carbons (Fsp3) is 0.889. The number of hydrogen-bond acceptors (Lipinski definition) is 1. The largest absolute Gasteiger partial charge is 0.363 e. The molecule has 0 radical (unpaired) electrons. The molecular formula is C9H18N2S. The van der Waals surface area contributed by atoms with Gasteiger partial charge in [0.15, 0.2) is 5.11 Å². The fourth-order valence-corrected chi connectivity index (χ4v) is 1.55. The fourth-order valence-electron chi connectivity index (χ4n) is 1.30. The van der Waals surface area contributed by atoms with Gasteiger partial charge >= 0.3 is 0 Å². The molecule has 0 aromatic carbocycles. The number of hydrogen-bond donors (Lipinski definition) is 1. The zero-order chi connectivity index (χ0) is 8.97. The SMILES string of the molecule is CCCNC(=S)N(C)C1CCC1. The molecule has 1 saturated carbocycles. The van der Waals surface area contributed by atoms with Crippen LogP contribution in [-0.2, 0) is 0 Å². The van der Waals surface area contributed by atoms with Gasteiger partial charge in [-0.3, -0.25) is 0 Å². The van der Waals surface area contributed by atoms with Gasteiger partial charge in [-0.15, -0.1) is 0 Å². The first-order chi connectivity index (χ1) is 5.75. The van der Waals surface area contributed by atoms with Crippen LogP contribution in [0.5, 0.6) is 0 Å². The molecule has 12 heavy (non-hydrogen) atoms. The Morgan fingerprint density at radius 1 is 1.58 bits per heavy atom. The van der Waals surface area contributed by atoms with Gasteiger partial charge in [0, 0.05) is 19.6 Å².